The molecular formula is C15H17NO2. The molecule has 1 aromatic carbocycles. The van der Waals surface area contributed by atoms with Crippen LogP contribution in [0.15, 0.2) is 47.6 Å². The molecule has 1 rings (SSSR count). The number of nitrogens with zero attached hydrogens (tertiary/aromatic N) is 1. The highest BCUT2D eigenvalue weighted by Crippen LogP contribution is 2.17. The fourth-order valence-corrected chi connectivity index (χ4v) is 1.41. The van der Waals surface area contributed by atoms with Crippen LogP contribution in [0.1, 0.15) is 18.1 Å². The van der Waals surface area contributed by atoms with Crippen LogP contribution in [0, 0.1) is 6.92 Å². The van der Waals surface area contributed by atoms with Gasteiger partial charge in [-0.3, -0.25) is 4.99 Å². The smallest absolute Gasteiger partial charge is 0.356 e. The summed E-state index contributed by atoms with van der Waals surface area (Å²) in [5.41, 5.74) is 3.09. The Morgan fingerprint density at radius 2 is 1.94 bits per heavy atom. The number of esters is 1. The van der Waals surface area contributed by atoms with Crippen LogP contribution in [-0.2, 0) is 9.53 Å². The minimum absolute atomic E-state index is 0.241. The highest BCUT2D eigenvalue weighted by molar-refractivity contribution is 5.93. The van der Waals surface area contributed by atoms with E-state index in [1.807, 2.05) is 31.2 Å². The summed E-state index contributed by atoms with van der Waals surface area (Å²) in [6, 6.07) is 7.90. The van der Waals surface area contributed by atoms with Gasteiger partial charge in [0.05, 0.1) is 7.11 Å². The van der Waals surface area contributed by atoms with Crippen LogP contribution >= 0.6 is 0 Å². The molecule has 0 aliphatic rings. The Kier molecular flexibility index (Phi) is 5.06. The lowest BCUT2D eigenvalue weighted by Gasteiger charge is -2.03. The Morgan fingerprint density at radius 3 is 2.44 bits per heavy atom. The molecule has 94 valence electrons. The Hall–Kier alpha value is -2.16. The monoisotopic (exact) mass is 243 g/mol. The molecule has 0 N–H and O–H groups in total. The second kappa shape index (κ2) is 6.55. The lowest BCUT2D eigenvalue weighted by atomic mass is 10.0. The van der Waals surface area contributed by atoms with Gasteiger partial charge in [0.25, 0.3) is 0 Å². The Labute approximate surface area is 108 Å². The van der Waals surface area contributed by atoms with Crippen LogP contribution in [0.25, 0.3) is 5.57 Å². The first kappa shape index (κ1) is 13.9. The number of benzene rings is 1. The van der Waals surface area contributed by atoms with Crippen LogP contribution in [0.3, 0.4) is 0 Å². The van der Waals surface area contributed by atoms with Crippen molar-refractivity contribution in [1.82, 2.24) is 0 Å². The quantitative estimate of drug-likeness (QED) is 0.352. The van der Waals surface area contributed by atoms with Crippen molar-refractivity contribution in [1.29, 1.82) is 0 Å². The van der Waals surface area contributed by atoms with E-state index >= 15 is 0 Å². The van der Waals surface area contributed by atoms with E-state index < -0.39 is 5.97 Å². The van der Waals surface area contributed by atoms with Gasteiger partial charge in [0.15, 0.2) is 0 Å². The normalized spacial score (nSPS) is 11.6. The van der Waals surface area contributed by atoms with Crippen molar-refractivity contribution >= 4 is 17.8 Å². The number of carbonyl (C=O) groups excluding carboxylic acids is 1. The van der Waals surface area contributed by atoms with Crippen LogP contribution < -0.4 is 0 Å². The molecule has 0 bridgehead atoms. The van der Waals surface area contributed by atoms with Gasteiger partial charge in [0.2, 0.25) is 0 Å². The van der Waals surface area contributed by atoms with Crippen molar-refractivity contribution in [2.75, 3.05) is 7.11 Å². The lowest BCUT2D eigenvalue weighted by molar-refractivity contribution is -0.136. The third kappa shape index (κ3) is 3.70. The van der Waals surface area contributed by atoms with E-state index in [1.54, 1.807) is 19.2 Å². The molecule has 18 heavy (non-hydrogen) atoms. The van der Waals surface area contributed by atoms with Crippen molar-refractivity contribution in [3.05, 3.63) is 53.7 Å². The number of methoxy groups -OCH3 is 1. The van der Waals surface area contributed by atoms with Gasteiger partial charge in [-0.05, 0) is 31.1 Å². The number of hydrogen-bond acceptors (Lipinski definition) is 3. The zero-order valence-corrected chi connectivity index (χ0v) is 10.9. The number of aryl methyl sites for hydroxylation is 1. The van der Waals surface area contributed by atoms with Crippen molar-refractivity contribution in [2.45, 2.75) is 13.8 Å². The van der Waals surface area contributed by atoms with E-state index in [-0.39, 0.29) is 5.70 Å². The van der Waals surface area contributed by atoms with Crippen molar-refractivity contribution < 1.29 is 9.53 Å². The molecule has 3 nitrogen and oxygen atoms in total. The maximum atomic E-state index is 11.5. The first-order valence-corrected chi connectivity index (χ1v) is 5.63. The predicted octanol–water partition coefficient (Wildman–Crippen LogP) is 3.16. The maximum Gasteiger partial charge on any atom is 0.356 e. The van der Waals surface area contributed by atoms with Gasteiger partial charge < -0.3 is 4.74 Å². The summed E-state index contributed by atoms with van der Waals surface area (Å²) < 4.78 is 4.66. The van der Waals surface area contributed by atoms with Gasteiger partial charge >= 0.3 is 5.97 Å². The molecule has 0 aliphatic carbocycles. The Morgan fingerprint density at radius 1 is 1.33 bits per heavy atom. The molecule has 0 heterocycles. The summed E-state index contributed by atoms with van der Waals surface area (Å²) >= 11 is 0. The number of carbonyl (C=O) groups is 1. The summed E-state index contributed by atoms with van der Waals surface area (Å²) in [5.74, 6) is -0.471. The number of rotatable bonds is 4. The molecule has 3 heteroatoms. The molecule has 0 aromatic heterocycles. The predicted molar refractivity (Wildman–Crippen MR) is 74.5 cm³/mol. The van der Waals surface area contributed by atoms with Gasteiger partial charge in [0.1, 0.15) is 5.70 Å². The molecule has 1 aromatic rings. The zero-order chi connectivity index (χ0) is 13.5. The van der Waals surface area contributed by atoms with E-state index in [9.17, 15) is 4.79 Å². The molecule has 0 atom stereocenters. The Balaban J connectivity index is 3.01. The fraction of sp³-hybridized carbons (Fsp3) is 0.200. The summed E-state index contributed by atoms with van der Waals surface area (Å²) in [4.78, 5) is 15.5. The van der Waals surface area contributed by atoms with E-state index in [2.05, 4.69) is 16.3 Å². The zero-order valence-electron chi connectivity index (χ0n) is 10.9. The molecule has 0 saturated heterocycles. The largest absolute Gasteiger partial charge is 0.464 e. The van der Waals surface area contributed by atoms with E-state index in [4.69, 9.17) is 0 Å². The van der Waals surface area contributed by atoms with Gasteiger partial charge in [-0.15, -0.1) is 0 Å². The first-order valence-electron chi connectivity index (χ1n) is 5.63. The topological polar surface area (TPSA) is 38.7 Å². The molecule has 0 spiro atoms. The van der Waals surface area contributed by atoms with Crippen molar-refractivity contribution in [2.24, 2.45) is 4.99 Å². The highest BCUT2D eigenvalue weighted by Gasteiger charge is 2.08. The van der Waals surface area contributed by atoms with Crippen molar-refractivity contribution in [3.63, 3.8) is 0 Å². The molecule has 0 radical (unpaired) electrons. The number of allylic oxidation sites excluding steroid dienone is 2. The molecule has 0 fully saturated rings. The number of hydrogen-bond donors (Lipinski definition) is 0. The number of aliphatic imine (C=N–C) groups is 1. The third-order valence-electron chi connectivity index (χ3n) is 2.40. The van der Waals surface area contributed by atoms with E-state index in [0.717, 1.165) is 11.1 Å². The second-order valence-corrected chi connectivity index (χ2v) is 3.80. The van der Waals surface area contributed by atoms with Gasteiger partial charge in [-0.1, -0.05) is 36.4 Å². The maximum absolute atomic E-state index is 11.5. The van der Waals surface area contributed by atoms with Crippen LogP contribution in [0.2, 0.25) is 0 Å². The minimum atomic E-state index is -0.471. The van der Waals surface area contributed by atoms with Crippen molar-refractivity contribution in [3.8, 4) is 0 Å². The summed E-state index contributed by atoms with van der Waals surface area (Å²) in [5, 5.41) is 0. The molecule has 0 aliphatic heterocycles. The molecular weight excluding hydrogens is 226 g/mol. The standard InChI is InChI=1S/C15H17NO2/c1-5-16-14(15(17)18-4)10-12(3)13-8-6-11(2)7-9-13/h5-10H,3H2,1-2,4H3/b14-10-,16-5?. The SMILES string of the molecule is C=C(/C=C(\N=CC)C(=O)OC)c1ccc(C)cc1. The molecule has 0 amide bonds. The second-order valence-electron chi connectivity index (χ2n) is 3.80. The summed E-state index contributed by atoms with van der Waals surface area (Å²) in [7, 11) is 1.33. The third-order valence-corrected chi connectivity index (χ3v) is 2.40. The van der Waals surface area contributed by atoms with Crippen LogP contribution in [0.5, 0.6) is 0 Å². The van der Waals surface area contributed by atoms with Gasteiger partial charge in [-0.25, -0.2) is 4.79 Å². The van der Waals surface area contributed by atoms with E-state index in [0.29, 0.717) is 0 Å². The fourth-order valence-electron chi connectivity index (χ4n) is 1.41. The van der Waals surface area contributed by atoms with Gasteiger partial charge in [-0.2, -0.15) is 0 Å². The minimum Gasteiger partial charge on any atom is -0.464 e. The van der Waals surface area contributed by atoms with Gasteiger partial charge in [0, 0.05) is 6.21 Å². The average molecular weight is 243 g/mol. The summed E-state index contributed by atoms with van der Waals surface area (Å²) in [6.07, 6.45) is 3.17. The average Bonchev–Trinajstić information content (AvgIpc) is 2.38. The lowest BCUT2D eigenvalue weighted by Crippen LogP contribution is -2.03. The molecule has 0 saturated carbocycles. The first-order chi connectivity index (χ1) is 8.58. The summed E-state index contributed by atoms with van der Waals surface area (Å²) in [6.45, 7) is 7.69. The van der Waals surface area contributed by atoms with Crippen LogP contribution in [0.4, 0.5) is 0 Å². The molecule has 0 unspecified atom stereocenters. The van der Waals surface area contributed by atoms with Crippen LogP contribution in [-0.4, -0.2) is 19.3 Å². The van der Waals surface area contributed by atoms with E-state index in [1.165, 1.54) is 12.7 Å². The highest BCUT2D eigenvalue weighted by atomic mass is 16.5. The Bertz CT molecular complexity index is 496. The number of ether oxygens (including phenoxy) is 1.